The molecule has 1 aliphatic carbocycles. The predicted molar refractivity (Wildman–Crippen MR) is 151 cm³/mol. The van der Waals surface area contributed by atoms with Crippen molar-refractivity contribution in [2.45, 2.75) is 71.6 Å². The number of carbonyl (C=O) groups excluding carboxylic acids is 2. The number of esters is 1. The van der Waals surface area contributed by atoms with E-state index in [4.69, 9.17) is 14.2 Å². The number of ether oxygens (including phenoxy) is 3. The standard InChI is InChI=1S/C32H40N2O5/c1-20-17-28(37-5)26(25-14-16-34(29(20)25)31(36)39-32(2,3)4)19-33-15-13-24(21-7-8-21)18-27(33)22-9-11-23(12-10-22)30(35)38-6/h9-12,14,16-17,21,24,27H,7-8,13,15,18-19H2,1-6H3/t24-,27-/m0/s1. The van der Waals surface area contributed by atoms with Crippen molar-refractivity contribution in [2.24, 2.45) is 11.8 Å². The highest BCUT2D eigenvalue weighted by Gasteiger charge is 2.38. The number of rotatable bonds is 6. The minimum absolute atomic E-state index is 0.227. The molecule has 208 valence electrons. The van der Waals surface area contributed by atoms with Crippen LogP contribution in [-0.4, -0.2) is 47.9 Å². The molecule has 3 aromatic rings. The highest BCUT2D eigenvalue weighted by molar-refractivity contribution is 5.95. The fraction of sp³-hybridized carbons (Fsp3) is 0.500. The first kappa shape index (κ1) is 27.3. The van der Waals surface area contributed by atoms with Gasteiger partial charge in [0.25, 0.3) is 0 Å². The van der Waals surface area contributed by atoms with Crippen LogP contribution in [0.5, 0.6) is 5.75 Å². The first-order chi connectivity index (χ1) is 18.6. The lowest BCUT2D eigenvalue weighted by Gasteiger charge is -2.40. The van der Waals surface area contributed by atoms with Gasteiger partial charge in [-0.2, -0.15) is 0 Å². The lowest BCUT2D eigenvalue weighted by molar-refractivity contribution is 0.0542. The zero-order valence-electron chi connectivity index (χ0n) is 24.0. The van der Waals surface area contributed by atoms with Gasteiger partial charge in [-0.05, 0) is 107 Å². The summed E-state index contributed by atoms with van der Waals surface area (Å²) in [4.78, 5) is 27.6. The summed E-state index contributed by atoms with van der Waals surface area (Å²) < 4.78 is 18.1. The molecule has 0 N–H and O–H groups in total. The molecule has 2 aromatic carbocycles. The van der Waals surface area contributed by atoms with Gasteiger partial charge in [0.15, 0.2) is 0 Å². The number of aromatic nitrogens is 1. The second-order valence-corrected chi connectivity index (χ2v) is 12.0. The number of methoxy groups -OCH3 is 2. The van der Waals surface area contributed by atoms with Gasteiger partial charge in [-0.25, -0.2) is 9.59 Å². The average molecular weight is 533 g/mol. The first-order valence-electron chi connectivity index (χ1n) is 13.9. The van der Waals surface area contributed by atoms with Crippen LogP contribution in [-0.2, 0) is 16.0 Å². The third kappa shape index (κ3) is 5.69. The Kier molecular flexibility index (Phi) is 7.47. The van der Waals surface area contributed by atoms with Gasteiger partial charge in [0, 0.05) is 29.7 Å². The molecular weight excluding hydrogens is 492 g/mol. The van der Waals surface area contributed by atoms with E-state index in [-0.39, 0.29) is 18.1 Å². The summed E-state index contributed by atoms with van der Waals surface area (Å²) in [6.45, 7) is 9.31. The lowest BCUT2D eigenvalue weighted by Crippen LogP contribution is -2.37. The molecule has 1 aliphatic heterocycles. The molecule has 5 rings (SSSR count). The van der Waals surface area contributed by atoms with Crippen LogP contribution in [0.15, 0.2) is 42.6 Å². The summed E-state index contributed by atoms with van der Waals surface area (Å²) in [5, 5.41) is 1.00. The van der Waals surface area contributed by atoms with E-state index >= 15 is 0 Å². The molecule has 2 aliphatic rings. The van der Waals surface area contributed by atoms with Crippen molar-refractivity contribution < 1.29 is 23.8 Å². The van der Waals surface area contributed by atoms with Crippen LogP contribution < -0.4 is 4.74 Å². The van der Waals surface area contributed by atoms with Crippen LogP contribution in [0, 0.1) is 18.8 Å². The number of piperidine rings is 1. The van der Waals surface area contributed by atoms with Crippen LogP contribution >= 0.6 is 0 Å². The second-order valence-electron chi connectivity index (χ2n) is 12.0. The molecule has 0 amide bonds. The predicted octanol–water partition coefficient (Wildman–Crippen LogP) is 6.89. The van der Waals surface area contributed by atoms with Gasteiger partial charge in [-0.15, -0.1) is 0 Å². The summed E-state index contributed by atoms with van der Waals surface area (Å²) in [7, 11) is 3.11. The van der Waals surface area contributed by atoms with Gasteiger partial charge < -0.3 is 14.2 Å². The molecule has 0 spiro atoms. The maximum Gasteiger partial charge on any atom is 0.419 e. The molecule has 39 heavy (non-hydrogen) atoms. The number of hydrogen-bond acceptors (Lipinski definition) is 6. The number of aryl methyl sites for hydroxylation is 1. The largest absolute Gasteiger partial charge is 0.496 e. The number of nitrogens with zero attached hydrogens (tertiary/aromatic N) is 2. The van der Waals surface area contributed by atoms with E-state index in [0.29, 0.717) is 12.1 Å². The number of benzene rings is 2. The van der Waals surface area contributed by atoms with Crippen molar-refractivity contribution in [3.05, 3.63) is 64.8 Å². The molecule has 7 heteroatoms. The first-order valence-corrected chi connectivity index (χ1v) is 13.9. The van der Waals surface area contributed by atoms with Crippen molar-refractivity contribution in [1.82, 2.24) is 9.47 Å². The van der Waals surface area contributed by atoms with Crippen LogP contribution in [0.2, 0.25) is 0 Å². The summed E-state index contributed by atoms with van der Waals surface area (Å²) >= 11 is 0. The van der Waals surface area contributed by atoms with Gasteiger partial charge in [0.05, 0.1) is 25.3 Å². The maximum atomic E-state index is 13.0. The zero-order chi connectivity index (χ0) is 27.9. The van der Waals surface area contributed by atoms with Crippen molar-refractivity contribution in [1.29, 1.82) is 0 Å². The van der Waals surface area contributed by atoms with Crippen LogP contribution in [0.4, 0.5) is 4.79 Å². The highest BCUT2D eigenvalue weighted by atomic mass is 16.6. The fourth-order valence-electron chi connectivity index (χ4n) is 6.11. The minimum atomic E-state index is -0.584. The Morgan fingerprint density at radius 3 is 2.33 bits per heavy atom. The Labute approximate surface area is 231 Å². The second kappa shape index (κ2) is 10.7. The van der Waals surface area contributed by atoms with Gasteiger partial charge in [-0.1, -0.05) is 12.1 Å². The summed E-state index contributed by atoms with van der Waals surface area (Å²) in [5.41, 5.74) is 4.07. The summed E-state index contributed by atoms with van der Waals surface area (Å²) in [5.74, 6) is 2.07. The highest BCUT2D eigenvalue weighted by Crippen LogP contribution is 2.47. The molecule has 0 radical (unpaired) electrons. The molecule has 2 atom stereocenters. The molecule has 1 aromatic heterocycles. The summed E-state index contributed by atoms with van der Waals surface area (Å²) in [6, 6.07) is 12.1. The van der Waals surface area contributed by atoms with E-state index in [1.54, 1.807) is 17.9 Å². The van der Waals surface area contributed by atoms with Crippen LogP contribution in [0.25, 0.3) is 10.9 Å². The van der Waals surface area contributed by atoms with Crippen molar-refractivity contribution in [2.75, 3.05) is 20.8 Å². The summed E-state index contributed by atoms with van der Waals surface area (Å²) in [6.07, 6.45) is 6.37. The molecule has 7 nitrogen and oxygen atoms in total. The van der Waals surface area contributed by atoms with Crippen molar-refractivity contribution in [3.8, 4) is 5.75 Å². The molecule has 1 saturated carbocycles. The molecular formula is C32H40N2O5. The van der Waals surface area contributed by atoms with Crippen LogP contribution in [0.1, 0.15) is 79.5 Å². The van der Waals surface area contributed by atoms with Gasteiger partial charge in [0.2, 0.25) is 0 Å². The quantitative estimate of drug-likeness (QED) is 0.322. The average Bonchev–Trinajstić information content (AvgIpc) is 3.66. The normalized spacial score (nSPS) is 20.2. The Morgan fingerprint density at radius 1 is 1.00 bits per heavy atom. The maximum absolute atomic E-state index is 13.0. The molecule has 0 bridgehead atoms. The fourth-order valence-corrected chi connectivity index (χ4v) is 6.11. The Morgan fingerprint density at radius 2 is 1.72 bits per heavy atom. The smallest absolute Gasteiger partial charge is 0.419 e. The van der Waals surface area contributed by atoms with Crippen LogP contribution in [0.3, 0.4) is 0 Å². The Balaban J connectivity index is 1.51. The minimum Gasteiger partial charge on any atom is -0.496 e. The number of hydrogen-bond donors (Lipinski definition) is 0. The third-order valence-electron chi connectivity index (χ3n) is 8.16. The molecule has 0 unspecified atom stereocenters. The monoisotopic (exact) mass is 532 g/mol. The molecule has 2 heterocycles. The molecule has 1 saturated heterocycles. The van der Waals surface area contributed by atoms with E-state index < -0.39 is 5.60 Å². The number of fused-ring (bicyclic) bond motifs is 1. The zero-order valence-corrected chi connectivity index (χ0v) is 24.0. The van der Waals surface area contributed by atoms with Gasteiger partial charge in [0.1, 0.15) is 11.4 Å². The topological polar surface area (TPSA) is 70.0 Å². The van der Waals surface area contributed by atoms with E-state index in [1.807, 2.05) is 52.0 Å². The SMILES string of the molecule is COC(=O)c1ccc([C@@H]2C[C@@H](C3CC3)CCN2Cc2c(OC)cc(C)c3c2ccn3C(=O)OC(C)(C)C)cc1. The van der Waals surface area contributed by atoms with Gasteiger partial charge >= 0.3 is 12.1 Å². The molecule has 2 fully saturated rings. The van der Waals surface area contributed by atoms with Crippen molar-refractivity contribution in [3.63, 3.8) is 0 Å². The van der Waals surface area contributed by atoms with E-state index in [0.717, 1.165) is 52.6 Å². The van der Waals surface area contributed by atoms with E-state index in [9.17, 15) is 9.59 Å². The lowest BCUT2D eigenvalue weighted by atomic mass is 9.83. The number of carbonyl (C=O) groups is 2. The van der Waals surface area contributed by atoms with Crippen molar-refractivity contribution >= 4 is 23.0 Å². The number of likely N-dealkylation sites (tertiary alicyclic amines) is 1. The Bertz CT molecular complexity index is 1360. The van der Waals surface area contributed by atoms with E-state index in [1.165, 1.54) is 31.9 Å². The third-order valence-corrected chi connectivity index (χ3v) is 8.16. The van der Waals surface area contributed by atoms with Gasteiger partial charge in [-0.3, -0.25) is 9.47 Å². The Hall–Kier alpha value is -3.32. The van der Waals surface area contributed by atoms with E-state index in [2.05, 4.69) is 17.0 Å².